The van der Waals surface area contributed by atoms with Crippen molar-refractivity contribution in [1.29, 1.82) is 0 Å². The van der Waals surface area contributed by atoms with E-state index in [4.69, 9.17) is 11.6 Å². The molecule has 0 saturated carbocycles. The molecule has 3 heteroatoms. The summed E-state index contributed by atoms with van der Waals surface area (Å²) in [6.45, 7) is 0.807. The molecule has 2 N–H and O–H groups in total. The predicted octanol–water partition coefficient (Wildman–Crippen LogP) is 4.43. The molecule has 18 heavy (non-hydrogen) atoms. The number of anilines is 1. The van der Waals surface area contributed by atoms with Gasteiger partial charge in [-0.25, -0.2) is 0 Å². The first-order valence-corrected chi connectivity index (χ1v) is 6.25. The summed E-state index contributed by atoms with van der Waals surface area (Å²) in [7, 11) is 0. The summed E-state index contributed by atoms with van der Waals surface area (Å²) >= 11 is 5.97. The third-order valence-electron chi connectivity index (χ3n) is 2.91. The Morgan fingerprint density at radius 3 is 2.67 bits per heavy atom. The van der Waals surface area contributed by atoms with E-state index in [1.54, 1.807) is 0 Å². The van der Waals surface area contributed by atoms with Crippen molar-refractivity contribution in [3.05, 3.63) is 65.2 Å². The normalized spacial score (nSPS) is 10.7. The van der Waals surface area contributed by atoms with Gasteiger partial charge in [0.2, 0.25) is 0 Å². The molecule has 0 unspecified atom stereocenters. The smallest absolute Gasteiger partial charge is 0.104 e. The summed E-state index contributed by atoms with van der Waals surface area (Å²) in [6.07, 6.45) is 0. The third-order valence-corrected chi connectivity index (χ3v) is 3.14. The molecule has 2 nitrogen and oxygen atoms in total. The Bertz CT molecular complexity index is 659. The van der Waals surface area contributed by atoms with Gasteiger partial charge in [0.15, 0.2) is 0 Å². The van der Waals surface area contributed by atoms with Crippen molar-refractivity contribution in [3.63, 3.8) is 0 Å². The number of H-pyrrole nitrogens is 1. The van der Waals surface area contributed by atoms with Crippen LogP contribution in [0.2, 0.25) is 5.02 Å². The highest BCUT2D eigenvalue weighted by Crippen LogP contribution is 2.22. The highest BCUT2D eigenvalue weighted by molar-refractivity contribution is 6.31. The van der Waals surface area contributed by atoms with Crippen molar-refractivity contribution < 1.29 is 0 Å². The highest BCUT2D eigenvalue weighted by atomic mass is 35.5. The molecule has 0 spiro atoms. The minimum absolute atomic E-state index is 0.760. The van der Waals surface area contributed by atoms with Crippen molar-refractivity contribution in [1.82, 2.24) is 4.98 Å². The van der Waals surface area contributed by atoms with Crippen molar-refractivity contribution in [2.24, 2.45) is 0 Å². The standard InChI is InChI=1S/C15H13ClN2/c16-13-6-7-14-12(8-13)9-15(18-14)17-10-11-4-2-1-3-5-11/h1-9,17-18H,10H2. The van der Waals surface area contributed by atoms with E-state index in [1.165, 1.54) is 5.56 Å². The van der Waals surface area contributed by atoms with Gasteiger partial charge in [-0.2, -0.15) is 0 Å². The molecule has 0 aliphatic carbocycles. The predicted molar refractivity (Wildman–Crippen MR) is 77.1 cm³/mol. The first-order valence-electron chi connectivity index (χ1n) is 5.87. The Kier molecular flexibility index (Phi) is 2.95. The van der Waals surface area contributed by atoms with E-state index in [1.807, 2.05) is 36.4 Å². The van der Waals surface area contributed by atoms with Crippen LogP contribution in [0.25, 0.3) is 10.9 Å². The molecule has 2 aromatic carbocycles. The number of hydrogen-bond donors (Lipinski definition) is 2. The van der Waals surface area contributed by atoms with Crippen LogP contribution in [0.3, 0.4) is 0 Å². The zero-order valence-electron chi connectivity index (χ0n) is 9.78. The number of fused-ring (bicyclic) bond motifs is 1. The van der Waals surface area contributed by atoms with Gasteiger partial charge in [-0.3, -0.25) is 0 Å². The number of aromatic amines is 1. The van der Waals surface area contributed by atoms with Gasteiger partial charge in [0.1, 0.15) is 5.82 Å². The van der Waals surface area contributed by atoms with E-state index in [2.05, 4.69) is 28.5 Å². The maximum atomic E-state index is 5.97. The van der Waals surface area contributed by atoms with Gasteiger partial charge >= 0.3 is 0 Å². The molecule has 90 valence electrons. The molecule has 0 aliphatic rings. The van der Waals surface area contributed by atoms with E-state index in [-0.39, 0.29) is 0 Å². The topological polar surface area (TPSA) is 27.8 Å². The van der Waals surface area contributed by atoms with E-state index in [9.17, 15) is 0 Å². The number of aromatic nitrogens is 1. The van der Waals surface area contributed by atoms with Crippen molar-refractivity contribution >= 4 is 28.3 Å². The summed E-state index contributed by atoms with van der Waals surface area (Å²) < 4.78 is 0. The maximum Gasteiger partial charge on any atom is 0.104 e. The Labute approximate surface area is 111 Å². The molecule has 3 rings (SSSR count). The second-order valence-corrected chi connectivity index (χ2v) is 4.69. The Balaban J connectivity index is 1.79. The summed E-state index contributed by atoms with van der Waals surface area (Å²) in [5.41, 5.74) is 2.35. The molecule has 0 fully saturated rings. The number of hydrogen-bond acceptors (Lipinski definition) is 1. The van der Waals surface area contributed by atoms with E-state index in [0.29, 0.717) is 0 Å². The van der Waals surface area contributed by atoms with Gasteiger partial charge in [-0.05, 0) is 29.8 Å². The molecule has 1 heterocycles. The van der Waals surface area contributed by atoms with Crippen LogP contribution in [0.4, 0.5) is 5.82 Å². The van der Waals surface area contributed by atoms with Crippen LogP contribution in [-0.4, -0.2) is 4.98 Å². The highest BCUT2D eigenvalue weighted by Gasteiger charge is 2.01. The van der Waals surface area contributed by atoms with Crippen LogP contribution < -0.4 is 5.32 Å². The van der Waals surface area contributed by atoms with Gasteiger partial charge < -0.3 is 10.3 Å². The van der Waals surface area contributed by atoms with Crippen molar-refractivity contribution in [3.8, 4) is 0 Å². The van der Waals surface area contributed by atoms with E-state index < -0.39 is 0 Å². The summed E-state index contributed by atoms with van der Waals surface area (Å²) in [4.78, 5) is 3.32. The van der Waals surface area contributed by atoms with Gasteiger partial charge in [0.25, 0.3) is 0 Å². The van der Waals surface area contributed by atoms with Crippen LogP contribution in [0.5, 0.6) is 0 Å². The minimum Gasteiger partial charge on any atom is -0.368 e. The fourth-order valence-corrected chi connectivity index (χ4v) is 2.17. The number of halogens is 1. The van der Waals surface area contributed by atoms with Gasteiger partial charge in [-0.1, -0.05) is 41.9 Å². The third kappa shape index (κ3) is 2.34. The Morgan fingerprint density at radius 2 is 1.83 bits per heavy atom. The van der Waals surface area contributed by atoms with E-state index >= 15 is 0 Å². The van der Waals surface area contributed by atoms with Crippen LogP contribution in [-0.2, 0) is 6.54 Å². The fourth-order valence-electron chi connectivity index (χ4n) is 1.99. The average molecular weight is 257 g/mol. The molecular weight excluding hydrogens is 244 g/mol. The molecule has 0 bridgehead atoms. The monoisotopic (exact) mass is 256 g/mol. The number of nitrogens with one attached hydrogen (secondary N) is 2. The lowest BCUT2D eigenvalue weighted by molar-refractivity contribution is 1.13. The minimum atomic E-state index is 0.760. The molecule has 0 atom stereocenters. The fraction of sp³-hybridized carbons (Fsp3) is 0.0667. The summed E-state index contributed by atoms with van der Waals surface area (Å²) in [6, 6.07) is 18.2. The van der Waals surface area contributed by atoms with E-state index in [0.717, 1.165) is 28.3 Å². The first kappa shape index (κ1) is 11.2. The van der Waals surface area contributed by atoms with Gasteiger partial charge in [0.05, 0.1) is 0 Å². The Hall–Kier alpha value is -1.93. The lowest BCUT2D eigenvalue weighted by atomic mass is 10.2. The van der Waals surface area contributed by atoms with Crippen molar-refractivity contribution in [2.75, 3.05) is 5.32 Å². The molecular formula is C15H13ClN2. The average Bonchev–Trinajstić information content (AvgIpc) is 2.79. The zero-order valence-corrected chi connectivity index (χ0v) is 10.5. The number of rotatable bonds is 3. The quantitative estimate of drug-likeness (QED) is 0.713. The maximum absolute atomic E-state index is 5.97. The van der Waals surface area contributed by atoms with Crippen LogP contribution in [0.15, 0.2) is 54.6 Å². The van der Waals surface area contributed by atoms with Gasteiger partial charge in [-0.15, -0.1) is 0 Å². The second-order valence-electron chi connectivity index (χ2n) is 4.25. The molecule has 1 aromatic heterocycles. The second kappa shape index (κ2) is 4.75. The molecule has 0 aliphatic heterocycles. The van der Waals surface area contributed by atoms with Crippen LogP contribution in [0.1, 0.15) is 5.56 Å². The summed E-state index contributed by atoms with van der Waals surface area (Å²) in [5.74, 6) is 1.01. The lowest BCUT2D eigenvalue weighted by Crippen LogP contribution is -1.98. The van der Waals surface area contributed by atoms with Crippen LogP contribution in [0, 0.1) is 0 Å². The Morgan fingerprint density at radius 1 is 1.00 bits per heavy atom. The SMILES string of the molecule is Clc1ccc2[nH]c(NCc3ccccc3)cc2c1. The molecule has 0 saturated heterocycles. The lowest BCUT2D eigenvalue weighted by Gasteiger charge is -2.03. The number of benzene rings is 2. The zero-order chi connectivity index (χ0) is 12.4. The molecule has 0 amide bonds. The largest absolute Gasteiger partial charge is 0.368 e. The molecule has 3 aromatic rings. The van der Waals surface area contributed by atoms with Crippen LogP contribution >= 0.6 is 11.6 Å². The van der Waals surface area contributed by atoms with Gasteiger partial charge in [0, 0.05) is 22.5 Å². The summed E-state index contributed by atoms with van der Waals surface area (Å²) in [5, 5.41) is 5.25. The van der Waals surface area contributed by atoms with Crippen molar-refractivity contribution in [2.45, 2.75) is 6.54 Å². The molecule has 0 radical (unpaired) electrons. The first-order chi connectivity index (χ1) is 8.81.